The lowest BCUT2D eigenvalue weighted by molar-refractivity contribution is 0.181. The van der Waals surface area contributed by atoms with Gasteiger partial charge in [-0.25, -0.2) is 4.57 Å². The maximum atomic E-state index is 11.9. The van der Waals surface area contributed by atoms with Crippen LogP contribution >= 0.6 is 7.82 Å². The summed E-state index contributed by atoms with van der Waals surface area (Å²) in [5, 5.41) is 0. The molecule has 4 nitrogen and oxygen atoms in total. The highest BCUT2D eigenvalue weighted by atomic mass is 31.2. The number of benzene rings is 1. The Morgan fingerprint density at radius 3 is 2.73 bits per heavy atom. The number of para-hydroxylation sites is 1. The van der Waals surface area contributed by atoms with Crippen molar-refractivity contribution in [3.05, 3.63) is 42.2 Å². The molecule has 80 valence electrons. The summed E-state index contributed by atoms with van der Waals surface area (Å²) in [7, 11) is -3.46. The minimum absolute atomic E-state index is 0.246. The molecule has 0 saturated heterocycles. The molecule has 1 aromatic rings. The van der Waals surface area contributed by atoms with Crippen LogP contribution in [0.5, 0.6) is 5.75 Å². The van der Waals surface area contributed by atoms with E-state index < -0.39 is 7.82 Å². The van der Waals surface area contributed by atoms with Crippen LogP contribution in [-0.4, -0.2) is 6.61 Å². The van der Waals surface area contributed by atoms with Crippen molar-refractivity contribution in [2.75, 3.05) is 6.61 Å². The summed E-state index contributed by atoms with van der Waals surface area (Å²) in [6.07, 6.45) is 1.70. The number of phosphoric ester groups is 1. The summed E-state index contributed by atoms with van der Waals surface area (Å²) in [4.78, 5) is 0. The van der Waals surface area contributed by atoms with Gasteiger partial charge < -0.3 is 9.05 Å². The van der Waals surface area contributed by atoms with E-state index in [9.17, 15) is 4.57 Å². The van der Waals surface area contributed by atoms with Crippen LogP contribution in [0.2, 0.25) is 0 Å². The minimum atomic E-state index is -3.46. The quantitative estimate of drug-likeness (QED) is 0.726. The van der Waals surface area contributed by atoms with Gasteiger partial charge in [-0.3, -0.25) is 4.52 Å². The Balaban J connectivity index is 2.12. The summed E-state index contributed by atoms with van der Waals surface area (Å²) >= 11 is 0. The van der Waals surface area contributed by atoms with Crippen molar-refractivity contribution < 1.29 is 18.1 Å². The Bertz CT molecular complexity index is 413. The summed E-state index contributed by atoms with van der Waals surface area (Å²) in [5.41, 5.74) is 0. The molecule has 1 aliphatic rings. The molecule has 0 amide bonds. The predicted molar refractivity (Wildman–Crippen MR) is 55.5 cm³/mol. The first-order chi connectivity index (χ1) is 7.18. The summed E-state index contributed by atoms with van der Waals surface area (Å²) in [6, 6.07) is 8.80. The molecule has 15 heavy (non-hydrogen) atoms. The third-order valence-corrected chi connectivity index (χ3v) is 3.23. The highest BCUT2D eigenvalue weighted by Gasteiger charge is 2.32. The third-order valence-electron chi connectivity index (χ3n) is 1.82. The van der Waals surface area contributed by atoms with E-state index in [-0.39, 0.29) is 6.61 Å². The molecule has 1 aromatic carbocycles. The molecule has 0 aromatic heterocycles. The number of hydrogen-bond acceptors (Lipinski definition) is 4. The van der Waals surface area contributed by atoms with Crippen LogP contribution in [0.25, 0.3) is 0 Å². The number of allylic oxidation sites excluding steroid dienone is 1. The molecule has 1 unspecified atom stereocenters. The van der Waals surface area contributed by atoms with Gasteiger partial charge in [0.2, 0.25) is 0 Å². The fourth-order valence-corrected chi connectivity index (χ4v) is 2.35. The highest BCUT2D eigenvalue weighted by Crippen LogP contribution is 2.52. The van der Waals surface area contributed by atoms with Crippen molar-refractivity contribution in [3.63, 3.8) is 0 Å². The lowest BCUT2D eigenvalue weighted by atomic mass is 10.3. The summed E-state index contributed by atoms with van der Waals surface area (Å²) in [6.45, 7) is 1.96. The molecule has 5 heteroatoms. The van der Waals surface area contributed by atoms with Crippen molar-refractivity contribution in [1.29, 1.82) is 0 Å². The van der Waals surface area contributed by atoms with E-state index in [1.165, 1.54) is 0 Å². The number of rotatable bonds is 2. The lowest BCUT2D eigenvalue weighted by Gasteiger charge is -2.21. The van der Waals surface area contributed by atoms with Crippen LogP contribution in [0.3, 0.4) is 0 Å². The third kappa shape index (κ3) is 2.61. The fraction of sp³-hybridized carbons (Fsp3) is 0.200. The van der Waals surface area contributed by atoms with E-state index >= 15 is 0 Å². The smallest absolute Gasteiger partial charge is 0.400 e. The zero-order valence-electron chi connectivity index (χ0n) is 8.25. The van der Waals surface area contributed by atoms with E-state index in [1.807, 2.05) is 6.07 Å². The number of hydrogen-bond donors (Lipinski definition) is 0. The molecule has 0 fully saturated rings. The predicted octanol–water partition coefficient (Wildman–Crippen LogP) is 3.12. The monoisotopic (exact) mass is 226 g/mol. The summed E-state index contributed by atoms with van der Waals surface area (Å²) < 4.78 is 27.1. The summed E-state index contributed by atoms with van der Waals surface area (Å²) in [5.74, 6) is 1.02. The van der Waals surface area contributed by atoms with Crippen molar-refractivity contribution in [3.8, 4) is 5.75 Å². The largest absolute Gasteiger partial charge is 0.587 e. The second kappa shape index (κ2) is 4.09. The molecule has 0 aliphatic carbocycles. The number of phosphoric acid groups is 1. The van der Waals surface area contributed by atoms with Crippen LogP contribution in [0, 0.1) is 0 Å². The van der Waals surface area contributed by atoms with Gasteiger partial charge in [-0.2, -0.15) is 0 Å². The minimum Gasteiger partial charge on any atom is -0.400 e. The van der Waals surface area contributed by atoms with Gasteiger partial charge in [0.05, 0.1) is 6.61 Å². The van der Waals surface area contributed by atoms with Crippen molar-refractivity contribution in [2.45, 2.75) is 6.92 Å². The first-order valence-corrected chi connectivity index (χ1v) is 6.00. The van der Waals surface area contributed by atoms with Gasteiger partial charge >= 0.3 is 7.82 Å². The van der Waals surface area contributed by atoms with Gasteiger partial charge in [0.25, 0.3) is 0 Å². The lowest BCUT2D eigenvalue weighted by Crippen LogP contribution is -2.06. The van der Waals surface area contributed by atoms with Gasteiger partial charge in [0, 0.05) is 0 Å². The van der Waals surface area contributed by atoms with Crippen molar-refractivity contribution in [2.24, 2.45) is 0 Å². The Morgan fingerprint density at radius 1 is 1.33 bits per heavy atom. The molecule has 0 saturated carbocycles. The Morgan fingerprint density at radius 2 is 2.07 bits per heavy atom. The topological polar surface area (TPSA) is 44.8 Å². The molecule has 2 rings (SSSR count). The van der Waals surface area contributed by atoms with E-state index in [2.05, 4.69) is 0 Å². The standard InChI is InChI=1S/C10H11O4P/c1-9-7-8-12-15(11,13-9)14-10-5-3-2-4-6-10/h2-7H,8H2,1H3. The van der Waals surface area contributed by atoms with Crippen LogP contribution in [0.4, 0.5) is 0 Å². The van der Waals surface area contributed by atoms with Crippen LogP contribution in [0.1, 0.15) is 6.92 Å². The fourth-order valence-electron chi connectivity index (χ4n) is 1.14. The SMILES string of the molecule is CC1=CCOP(=O)(Oc2ccccc2)O1. The molecule has 0 spiro atoms. The first kappa shape index (κ1) is 10.3. The molecule has 0 radical (unpaired) electrons. The highest BCUT2D eigenvalue weighted by molar-refractivity contribution is 7.49. The average Bonchev–Trinajstić information content (AvgIpc) is 2.18. The zero-order valence-corrected chi connectivity index (χ0v) is 9.15. The Kier molecular flexibility index (Phi) is 2.80. The molecule has 0 N–H and O–H groups in total. The van der Waals surface area contributed by atoms with Crippen molar-refractivity contribution >= 4 is 7.82 Å². The Labute approximate surface area is 88.1 Å². The van der Waals surface area contributed by atoms with Gasteiger partial charge in [-0.1, -0.05) is 18.2 Å². The molecule has 1 atom stereocenters. The van der Waals surface area contributed by atoms with Crippen LogP contribution < -0.4 is 4.52 Å². The molecule has 0 bridgehead atoms. The first-order valence-electron chi connectivity index (χ1n) is 4.53. The zero-order chi connectivity index (χ0) is 10.7. The van der Waals surface area contributed by atoms with Crippen LogP contribution in [-0.2, 0) is 13.6 Å². The van der Waals surface area contributed by atoms with E-state index in [1.54, 1.807) is 37.3 Å². The van der Waals surface area contributed by atoms with Gasteiger partial charge in [-0.15, -0.1) is 0 Å². The van der Waals surface area contributed by atoms with E-state index in [0.717, 1.165) is 0 Å². The molecular weight excluding hydrogens is 215 g/mol. The Hall–Kier alpha value is -1.25. The molecule has 1 heterocycles. The maximum Gasteiger partial charge on any atom is 0.587 e. The van der Waals surface area contributed by atoms with E-state index in [0.29, 0.717) is 11.5 Å². The van der Waals surface area contributed by atoms with Crippen LogP contribution in [0.15, 0.2) is 42.2 Å². The normalized spacial score (nSPS) is 25.3. The molecule has 1 aliphatic heterocycles. The van der Waals surface area contributed by atoms with E-state index in [4.69, 9.17) is 13.6 Å². The van der Waals surface area contributed by atoms with Gasteiger partial charge in [-0.05, 0) is 25.1 Å². The second-order valence-corrected chi connectivity index (χ2v) is 4.57. The second-order valence-electron chi connectivity index (χ2n) is 3.05. The maximum absolute atomic E-state index is 11.9. The average molecular weight is 226 g/mol. The van der Waals surface area contributed by atoms with Gasteiger partial charge in [0.15, 0.2) is 0 Å². The van der Waals surface area contributed by atoms with Gasteiger partial charge in [0.1, 0.15) is 11.5 Å². The van der Waals surface area contributed by atoms with Crippen molar-refractivity contribution in [1.82, 2.24) is 0 Å². The molecular formula is C10H11O4P.